The van der Waals surface area contributed by atoms with Gasteiger partial charge in [-0.05, 0) is 12.8 Å². The number of aliphatic hydroxyl groups excluding tert-OH is 2. The minimum absolute atomic E-state index is 0.0411. The second-order valence-electron chi connectivity index (χ2n) is 9.12. The van der Waals surface area contributed by atoms with Crippen molar-refractivity contribution in [1.29, 1.82) is 0 Å². The van der Waals surface area contributed by atoms with E-state index in [-0.39, 0.29) is 12.5 Å². The number of carbonyl (C=O) groups excluding carboxylic acids is 1. The molecule has 4 nitrogen and oxygen atoms in total. The molecule has 0 saturated carbocycles. The zero-order chi connectivity index (χ0) is 22.3. The molecule has 180 valence electrons. The molecule has 2 unspecified atom stereocenters. The summed E-state index contributed by atoms with van der Waals surface area (Å²) in [6, 6.07) is -0.522. The Hall–Kier alpha value is -0.610. The van der Waals surface area contributed by atoms with E-state index in [1.165, 1.54) is 83.5 Å². The summed E-state index contributed by atoms with van der Waals surface area (Å²) in [5.41, 5.74) is 0. The summed E-state index contributed by atoms with van der Waals surface area (Å²) in [5, 5.41) is 22.5. The van der Waals surface area contributed by atoms with Crippen LogP contribution in [0.15, 0.2) is 0 Å². The van der Waals surface area contributed by atoms with E-state index >= 15 is 0 Å². The van der Waals surface area contributed by atoms with Crippen molar-refractivity contribution in [2.75, 3.05) is 6.61 Å². The summed E-state index contributed by atoms with van der Waals surface area (Å²) in [6.07, 6.45) is 23.1. The van der Waals surface area contributed by atoms with Crippen molar-refractivity contribution < 1.29 is 15.0 Å². The lowest BCUT2D eigenvalue weighted by Gasteiger charge is -2.22. The molecule has 0 heterocycles. The van der Waals surface area contributed by atoms with Gasteiger partial charge >= 0.3 is 0 Å². The Morgan fingerprint density at radius 2 is 1.07 bits per heavy atom. The van der Waals surface area contributed by atoms with Crippen LogP contribution in [0.5, 0.6) is 0 Å². The number of rotatable bonds is 23. The Labute approximate surface area is 187 Å². The fourth-order valence-electron chi connectivity index (χ4n) is 4.00. The van der Waals surface area contributed by atoms with Gasteiger partial charge in [0.2, 0.25) is 5.91 Å². The van der Waals surface area contributed by atoms with Gasteiger partial charge in [0.15, 0.2) is 0 Å². The van der Waals surface area contributed by atoms with Crippen molar-refractivity contribution in [3.63, 3.8) is 0 Å². The molecule has 0 aliphatic rings. The van der Waals surface area contributed by atoms with Crippen molar-refractivity contribution in [3.8, 4) is 0 Å². The van der Waals surface area contributed by atoms with E-state index < -0.39 is 12.1 Å². The number of hydrogen-bond acceptors (Lipinski definition) is 3. The highest BCUT2D eigenvalue weighted by Crippen LogP contribution is 2.13. The molecular weight excluding hydrogens is 374 g/mol. The van der Waals surface area contributed by atoms with Crippen molar-refractivity contribution in [2.24, 2.45) is 0 Å². The molecule has 3 N–H and O–H groups in total. The standard InChI is InChI=1S/C26H53NO3/c1-3-5-7-9-10-11-12-13-14-15-16-17-18-20-22-26(30)27-24(23-28)25(29)21-19-8-6-4-2/h24-25,28-29H,3-23H2,1-2H3,(H,27,30). The number of aliphatic hydroxyl groups is 2. The van der Waals surface area contributed by atoms with E-state index in [0.29, 0.717) is 12.8 Å². The number of hydrogen-bond donors (Lipinski definition) is 3. The number of nitrogens with one attached hydrogen (secondary N) is 1. The van der Waals surface area contributed by atoms with E-state index in [1.54, 1.807) is 0 Å². The summed E-state index contributed by atoms with van der Waals surface area (Å²) in [4.78, 5) is 12.1. The third-order valence-electron chi connectivity index (χ3n) is 6.12. The highest BCUT2D eigenvalue weighted by atomic mass is 16.3. The van der Waals surface area contributed by atoms with Gasteiger partial charge in [0, 0.05) is 6.42 Å². The molecule has 4 heteroatoms. The summed E-state index contributed by atoms with van der Waals surface area (Å²) >= 11 is 0. The minimum atomic E-state index is -0.646. The fourth-order valence-corrected chi connectivity index (χ4v) is 4.00. The number of carbonyl (C=O) groups is 1. The van der Waals surface area contributed by atoms with E-state index in [4.69, 9.17) is 0 Å². The van der Waals surface area contributed by atoms with Gasteiger partial charge in [0.25, 0.3) is 0 Å². The van der Waals surface area contributed by atoms with Crippen LogP contribution in [0.2, 0.25) is 0 Å². The van der Waals surface area contributed by atoms with E-state index in [9.17, 15) is 15.0 Å². The smallest absolute Gasteiger partial charge is 0.220 e. The molecule has 0 spiro atoms. The molecule has 0 bridgehead atoms. The van der Waals surface area contributed by atoms with Crippen molar-refractivity contribution in [1.82, 2.24) is 5.32 Å². The quantitative estimate of drug-likeness (QED) is 0.160. The Bertz CT molecular complexity index is 362. The molecular formula is C26H53NO3. The summed E-state index contributed by atoms with van der Waals surface area (Å²) < 4.78 is 0. The molecule has 0 aliphatic carbocycles. The van der Waals surface area contributed by atoms with Crippen LogP contribution in [0.1, 0.15) is 142 Å². The van der Waals surface area contributed by atoms with Crippen LogP contribution in [0.25, 0.3) is 0 Å². The van der Waals surface area contributed by atoms with Gasteiger partial charge in [-0.25, -0.2) is 0 Å². The van der Waals surface area contributed by atoms with Gasteiger partial charge in [-0.2, -0.15) is 0 Å². The molecule has 0 saturated heterocycles. The first-order chi connectivity index (χ1) is 14.7. The van der Waals surface area contributed by atoms with Crippen LogP contribution < -0.4 is 5.32 Å². The van der Waals surface area contributed by atoms with Crippen LogP contribution in [-0.2, 0) is 4.79 Å². The lowest BCUT2D eigenvalue weighted by Crippen LogP contribution is -2.45. The fraction of sp³-hybridized carbons (Fsp3) is 0.962. The van der Waals surface area contributed by atoms with Crippen LogP contribution in [0, 0.1) is 0 Å². The van der Waals surface area contributed by atoms with Crippen molar-refractivity contribution in [2.45, 2.75) is 154 Å². The van der Waals surface area contributed by atoms with E-state index in [2.05, 4.69) is 19.2 Å². The Morgan fingerprint density at radius 3 is 1.50 bits per heavy atom. The normalized spacial score (nSPS) is 13.3. The first kappa shape index (κ1) is 29.4. The molecule has 0 aromatic carbocycles. The third-order valence-corrected chi connectivity index (χ3v) is 6.12. The van der Waals surface area contributed by atoms with Crippen molar-refractivity contribution in [3.05, 3.63) is 0 Å². The summed E-state index contributed by atoms with van der Waals surface area (Å²) in [6.45, 7) is 4.23. The molecule has 2 atom stereocenters. The highest BCUT2D eigenvalue weighted by molar-refractivity contribution is 5.76. The van der Waals surface area contributed by atoms with Crippen LogP contribution in [-0.4, -0.2) is 34.9 Å². The number of amides is 1. The Balaban J connectivity index is 3.50. The van der Waals surface area contributed by atoms with Gasteiger partial charge in [-0.3, -0.25) is 4.79 Å². The van der Waals surface area contributed by atoms with Crippen LogP contribution in [0.4, 0.5) is 0 Å². The molecule has 0 aromatic rings. The summed E-state index contributed by atoms with van der Waals surface area (Å²) in [7, 11) is 0. The van der Waals surface area contributed by atoms with Gasteiger partial charge < -0.3 is 15.5 Å². The maximum atomic E-state index is 12.1. The van der Waals surface area contributed by atoms with Crippen molar-refractivity contribution >= 4 is 5.91 Å². The van der Waals surface area contributed by atoms with Gasteiger partial charge in [0.1, 0.15) is 0 Å². The maximum absolute atomic E-state index is 12.1. The molecule has 30 heavy (non-hydrogen) atoms. The van der Waals surface area contributed by atoms with Gasteiger partial charge in [-0.15, -0.1) is 0 Å². The number of unbranched alkanes of at least 4 members (excludes halogenated alkanes) is 16. The zero-order valence-corrected chi connectivity index (χ0v) is 20.3. The molecule has 1 amide bonds. The topological polar surface area (TPSA) is 69.6 Å². The summed E-state index contributed by atoms with van der Waals surface area (Å²) in [5.74, 6) is -0.0411. The molecule has 0 radical (unpaired) electrons. The average Bonchev–Trinajstić information content (AvgIpc) is 2.75. The zero-order valence-electron chi connectivity index (χ0n) is 20.3. The van der Waals surface area contributed by atoms with Crippen LogP contribution in [0.3, 0.4) is 0 Å². The van der Waals surface area contributed by atoms with E-state index in [0.717, 1.165) is 32.1 Å². The monoisotopic (exact) mass is 427 g/mol. The maximum Gasteiger partial charge on any atom is 0.220 e. The van der Waals surface area contributed by atoms with Gasteiger partial charge in [0.05, 0.1) is 18.8 Å². The van der Waals surface area contributed by atoms with E-state index in [1.807, 2.05) is 0 Å². The SMILES string of the molecule is CCCCCCCCCCCCCCCCC(=O)NC(CO)C(O)CCCCCC. The lowest BCUT2D eigenvalue weighted by molar-refractivity contribution is -0.123. The van der Waals surface area contributed by atoms with Gasteiger partial charge in [-0.1, -0.05) is 123 Å². The second-order valence-corrected chi connectivity index (χ2v) is 9.12. The predicted molar refractivity (Wildman–Crippen MR) is 129 cm³/mol. The average molecular weight is 428 g/mol. The first-order valence-electron chi connectivity index (χ1n) is 13.2. The predicted octanol–water partition coefficient (Wildman–Crippen LogP) is 6.67. The Morgan fingerprint density at radius 1 is 0.667 bits per heavy atom. The largest absolute Gasteiger partial charge is 0.394 e. The minimum Gasteiger partial charge on any atom is -0.394 e. The van der Waals surface area contributed by atoms with Crippen LogP contribution >= 0.6 is 0 Å². The second kappa shape index (κ2) is 23.1. The third kappa shape index (κ3) is 19.4. The highest BCUT2D eigenvalue weighted by Gasteiger charge is 2.19. The Kier molecular flexibility index (Phi) is 22.6. The molecule has 0 rings (SSSR count). The molecule has 0 fully saturated rings. The molecule has 0 aromatic heterocycles. The molecule has 0 aliphatic heterocycles. The first-order valence-corrected chi connectivity index (χ1v) is 13.2. The lowest BCUT2D eigenvalue weighted by atomic mass is 10.0.